The van der Waals surface area contributed by atoms with Gasteiger partial charge >= 0.3 is 0 Å². The second-order valence-electron chi connectivity index (χ2n) is 3.88. The molecule has 0 atom stereocenters. The first-order chi connectivity index (χ1) is 7.25. The number of hydrogen-bond acceptors (Lipinski definition) is 3. The quantitative estimate of drug-likeness (QED) is 0.785. The van der Waals surface area contributed by atoms with E-state index in [-0.39, 0.29) is 0 Å². The Morgan fingerprint density at radius 3 is 2.93 bits per heavy atom. The van der Waals surface area contributed by atoms with Crippen molar-refractivity contribution in [2.24, 2.45) is 7.05 Å². The van der Waals surface area contributed by atoms with Crippen molar-refractivity contribution in [2.45, 2.75) is 18.9 Å². The van der Waals surface area contributed by atoms with Crippen molar-refractivity contribution in [3.63, 3.8) is 0 Å². The van der Waals surface area contributed by atoms with Crippen molar-refractivity contribution in [2.75, 3.05) is 0 Å². The van der Waals surface area contributed by atoms with Gasteiger partial charge in [-0.05, 0) is 25.1 Å². The summed E-state index contributed by atoms with van der Waals surface area (Å²) in [6.07, 6.45) is 6.09. The first-order valence-corrected chi connectivity index (χ1v) is 5.32. The lowest BCUT2D eigenvalue weighted by atomic mass is 10.4. The van der Waals surface area contributed by atoms with Gasteiger partial charge in [0.05, 0.1) is 6.33 Å². The van der Waals surface area contributed by atoms with Crippen LogP contribution >= 0.6 is 12.2 Å². The van der Waals surface area contributed by atoms with Crippen LogP contribution in [-0.2, 0) is 7.05 Å². The van der Waals surface area contributed by atoms with E-state index in [1.807, 2.05) is 17.8 Å². The molecule has 0 bridgehead atoms. The smallest absolute Gasteiger partial charge is 0.195 e. The zero-order chi connectivity index (χ0) is 10.4. The minimum absolute atomic E-state index is 0.522. The lowest BCUT2D eigenvalue weighted by Gasteiger charge is -2.00. The maximum atomic E-state index is 5.21. The van der Waals surface area contributed by atoms with Crippen LogP contribution in [0.2, 0.25) is 0 Å². The summed E-state index contributed by atoms with van der Waals surface area (Å²) in [5, 5.41) is 7.06. The van der Waals surface area contributed by atoms with E-state index < -0.39 is 0 Å². The Morgan fingerprint density at radius 1 is 1.53 bits per heavy atom. The Balaban J connectivity index is 2.15. The Kier molecular flexibility index (Phi) is 1.79. The molecule has 78 valence electrons. The first kappa shape index (κ1) is 8.84. The number of nitrogens with one attached hydrogen (secondary N) is 1. The van der Waals surface area contributed by atoms with E-state index in [2.05, 4.69) is 19.7 Å². The third-order valence-electron chi connectivity index (χ3n) is 2.55. The molecule has 5 nitrogen and oxygen atoms in total. The van der Waals surface area contributed by atoms with Crippen LogP contribution in [-0.4, -0.2) is 24.3 Å². The molecule has 0 amide bonds. The van der Waals surface area contributed by atoms with Crippen molar-refractivity contribution in [1.29, 1.82) is 0 Å². The molecule has 6 heteroatoms. The normalized spacial score (nSPS) is 15.8. The molecular formula is C9H11N5S. The van der Waals surface area contributed by atoms with E-state index >= 15 is 0 Å². The van der Waals surface area contributed by atoms with Crippen molar-refractivity contribution < 1.29 is 0 Å². The molecule has 15 heavy (non-hydrogen) atoms. The summed E-state index contributed by atoms with van der Waals surface area (Å²) in [7, 11) is 1.94. The largest absolute Gasteiger partial charge is 0.340 e. The van der Waals surface area contributed by atoms with Gasteiger partial charge in [-0.25, -0.2) is 4.98 Å². The Hall–Kier alpha value is -1.43. The van der Waals surface area contributed by atoms with Crippen LogP contribution in [0.5, 0.6) is 0 Å². The summed E-state index contributed by atoms with van der Waals surface area (Å²) in [6.45, 7) is 0. The Morgan fingerprint density at radius 2 is 2.33 bits per heavy atom. The van der Waals surface area contributed by atoms with Gasteiger partial charge in [-0.2, -0.15) is 5.10 Å². The number of nitrogens with zero attached hydrogens (tertiary/aromatic N) is 4. The number of rotatable bonds is 2. The number of aromatic amines is 1. The topological polar surface area (TPSA) is 51.4 Å². The fourth-order valence-corrected chi connectivity index (χ4v) is 1.97. The van der Waals surface area contributed by atoms with Crippen LogP contribution in [0.3, 0.4) is 0 Å². The van der Waals surface area contributed by atoms with E-state index in [1.54, 1.807) is 6.33 Å². The fourth-order valence-electron chi connectivity index (χ4n) is 1.69. The van der Waals surface area contributed by atoms with E-state index in [1.165, 1.54) is 12.8 Å². The zero-order valence-electron chi connectivity index (χ0n) is 8.34. The fraction of sp³-hybridized carbons (Fsp3) is 0.444. The number of aryl methyl sites for hydroxylation is 1. The Labute approximate surface area is 91.8 Å². The van der Waals surface area contributed by atoms with Crippen molar-refractivity contribution in [3.05, 3.63) is 17.3 Å². The molecular weight excluding hydrogens is 210 g/mol. The van der Waals surface area contributed by atoms with Crippen LogP contribution < -0.4 is 0 Å². The molecule has 2 aromatic rings. The average Bonchev–Trinajstić information content (AvgIpc) is 2.84. The summed E-state index contributed by atoms with van der Waals surface area (Å²) in [5.41, 5.74) is 0.872. The van der Waals surface area contributed by atoms with Gasteiger partial charge in [0.1, 0.15) is 5.69 Å². The molecule has 1 N–H and O–H groups in total. The predicted octanol–water partition coefficient (Wildman–Crippen LogP) is 1.68. The highest BCUT2D eigenvalue weighted by Crippen LogP contribution is 2.37. The van der Waals surface area contributed by atoms with E-state index in [0.717, 1.165) is 11.5 Å². The van der Waals surface area contributed by atoms with Gasteiger partial charge in [0.15, 0.2) is 10.6 Å². The first-order valence-electron chi connectivity index (χ1n) is 4.91. The molecule has 0 spiro atoms. The van der Waals surface area contributed by atoms with Gasteiger partial charge in [-0.15, -0.1) is 0 Å². The van der Waals surface area contributed by atoms with Crippen LogP contribution in [0.15, 0.2) is 12.5 Å². The lowest BCUT2D eigenvalue weighted by molar-refractivity contribution is 0.733. The number of hydrogen-bond donors (Lipinski definition) is 1. The van der Waals surface area contributed by atoms with Gasteiger partial charge in [-0.3, -0.25) is 9.67 Å². The molecule has 2 aromatic heterocycles. The van der Waals surface area contributed by atoms with Crippen molar-refractivity contribution in [3.8, 4) is 11.5 Å². The maximum absolute atomic E-state index is 5.21. The molecule has 0 saturated heterocycles. The SMILES string of the molecule is Cn1cnc(-c2n[nH]c(=S)n2C2CC2)c1. The molecule has 1 aliphatic carbocycles. The molecule has 0 unspecified atom stereocenters. The van der Waals surface area contributed by atoms with Crippen molar-refractivity contribution in [1.82, 2.24) is 24.3 Å². The summed E-state index contributed by atoms with van der Waals surface area (Å²) >= 11 is 5.21. The number of aromatic nitrogens is 5. The molecule has 2 heterocycles. The summed E-state index contributed by atoms with van der Waals surface area (Å²) in [4.78, 5) is 4.28. The summed E-state index contributed by atoms with van der Waals surface area (Å²) in [5.74, 6) is 0.850. The highest BCUT2D eigenvalue weighted by molar-refractivity contribution is 7.71. The predicted molar refractivity (Wildman–Crippen MR) is 57.9 cm³/mol. The maximum Gasteiger partial charge on any atom is 0.195 e. The third kappa shape index (κ3) is 1.41. The monoisotopic (exact) mass is 221 g/mol. The molecule has 3 rings (SSSR count). The summed E-state index contributed by atoms with van der Waals surface area (Å²) in [6, 6.07) is 0.522. The number of imidazole rings is 1. The molecule has 1 fully saturated rings. The van der Waals surface area contributed by atoms with Gasteiger partial charge in [0.25, 0.3) is 0 Å². The Bertz CT molecular complexity index is 545. The lowest BCUT2D eigenvalue weighted by Crippen LogP contribution is -1.97. The zero-order valence-corrected chi connectivity index (χ0v) is 9.16. The molecule has 0 aliphatic heterocycles. The summed E-state index contributed by atoms with van der Waals surface area (Å²) < 4.78 is 4.67. The van der Waals surface area contributed by atoms with Crippen molar-refractivity contribution >= 4 is 12.2 Å². The van der Waals surface area contributed by atoms with Crippen LogP contribution in [0, 0.1) is 4.77 Å². The van der Waals surface area contributed by atoms with E-state index in [0.29, 0.717) is 10.8 Å². The van der Waals surface area contributed by atoms with Crippen LogP contribution in [0.25, 0.3) is 11.5 Å². The molecule has 0 aromatic carbocycles. The molecule has 1 saturated carbocycles. The minimum atomic E-state index is 0.522. The molecule has 0 radical (unpaired) electrons. The highest BCUT2D eigenvalue weighted by Gasteiger charge is 2.28. The average molecular weight is 221 g/mol. The van der Waals surface area contributed by atoms with Gasteiger partial charge in [-0.1, -0.05) is 0 Å². The van der Waals surface area contributed by atoms with Gasteiger partial charge in [0.2, 0.25) is 0 Å². The van der Waals surface area contributed by atoms with Crippen LogP contribution in [0.4, 0.5) is 0 Å². The highest BCUT2D eigenvalue weighted by atomic mass is 32.1. The van der Waals surface area contributed by atoms with Crippen LogP contribution in [0.1, 0.15) is 18.9 Å². The van der Waals surface area contributed by atoms with E-state index in [9.17, 15) is 0 Å². The standard InChI is InChI=1S/C9H11N5S/c1-13-4-7(10-5-13)8-11-12-9(15)14(8)6-2-3-6/h4-6H,2-3H2,1H3,(H,12,15). The van der Waals surface area contributed by atoms with Gasteiger partial charge in [0, 0.05) is 19.3 Å². The van der Waals surface area contributed by atoms with Gasteiger partial charge < -0.3 is 4.57 Å². The minimum Gasteiger partial charge on any atom is -0.340 e. The second kappa shape index (κ2) is 3.03. The third-order valence-corrected chi connectivity index (χ3v) is 2.84. The molecule has 1 aliphatic rings. The number of H-pyrrole nitrogens is 1. The second-order valence-corrected chi connectivity index (χ2v) is 4.26. The van der Waals surface area contributed by atoms with E-state index in [4.69, 9.17) is 12.2 Å².